The smallest absolute Gasteiger partial charge is 0.344 e. The van der Waals surface area contributed by atoms with Crippen LogP contribution in [-0.2, 0) is 9.59 Å². The molecule has 0 aliphatic carbocycles. The number of quaternary nitrogens is 1. The number of carboxylic acid groups (broad SMARTS) is 1. The van der Waals surface area contributed by atoms with Gasteiger partial charge in [-0.15, -0.1) is 0 Å². The summed E-state index contributed by atoms with van der Waals surface area (Å²) < 4.78 is -0.325. The van der Waals surface area contributed by atoms with Crippen LogP contribution in [0.1, 0.15) is 0 Å². The summed E-state index contributed by atoms with van der Waals surface area (Å²) in [6.07, 6.45) is -8.50. The molecule has 1 amide bonds. The van der Waals surface area contributed by atoms with Crippen LogP contribution in [0.2, 0.25) is 0 Å². The van der Waals surface area contributed by atoms with E-state index in [9.17, 15) is 24.9 Å². The van der Waals surface area contributed by atoms with Gasteiger partial charge in [0.1, 0.15) is 12.2 Å². The van der Waals surface area contributed by atoms with Gasteiger partial charge in [0.25, 0.3) is 0 Å². The van der Waals surface area contributed by atoms with Crippen LogP contribution in [0, 0.1) is 0 Å². The summed E-state index contributed by atoms with van der Waals surface area (Å²) in [7, 11) is 4.29. The highest BCUT2D eigenvalue weighted by Crippen LogP contribution is 2.09. The molecule has 8 heteroatoms. The predicted molar refractivity (Wildman–Crippen MR) is 54.7 cm³/mol. The summed E-state index contributed by atoms with van der Waals surface area (Å²) in [6.45, 7) is 0. The minimum absolute atomic E-state index is 0.325. The van der Waals surface area contributed by atoms with Crippen LogP contribution < -0.4 is 0 Å². The lowest BCUT2D eigenvalue weighted by atomic mass is 10.0. The number of aliphatic carboxylic acids is 1. The van der Waals surface area contributed by atoms with Gasteiger partial charge in [0.05, 0.1) is 21.1 Å². The van der Waals surface area contributed by atoms with E-state index in [4.69, 9.17) is 10.2 Å². The molecule has 0 unspecified atom stereocenters. The maximum Gasteiger partial charge on any atom is 0.344 e. The van der Waals surface area contributed by atoms with E-state index in [2.05, 4.69) is 0 Å². The van der Waals surface area contributed by atoms with E-state index in [1.165, 1.54) is 21.1 Å². The highest BCUT2D eigenvalue weighted by Gasteiger charge is 2.42. The molecule has 5 N–H and O–H groups in total. The fraction of sp³-hybridized carbons (Fsp3) is 0.778. The lowest BCUT2D eigenvalue weighted by molar-refractivity contribution is -0.794. The molecule has 0 bridgehead atoms. The van der Waals surface area contributed by atoms with Crippen molar-refractivity contribution < 1.29 is 39.6 Å². The molecule has 8 nitrogen and oxygen atoms in total. The molecule has 0 aromatic rings. The van der Waals surface area contributed by atoms with Crippen LogP contribution in [0.4, 0.5) is 0 Å². The molecule has 4 atom stereocenters. The van der Waals surface area contributed by atoms with Crippen LogP contribution in [0.15, 0.2) is 0 Å². The topological polar surface area (TPSA) is 135 Å². The molecule has 0 aliphatic rings. The number of carboxylic acids is 1. The Kier molecular flexibility index (Phi) is 5.17. The maximum atomic E-state index is 11.5. The van der Waals surface area contributed by atoms with E-state index in [-0.39, 0.29) is 4.48 Å². The average Bonchev–Trinajstić information content (AvgIpc) is 2.22. The Balaban J connectivity index is 4.77. The third-order valence-electron chi connectivity index (χ3n) is 2.16. The Morgan fingerprint density at radius 2 is 1.24 bits per heavy atom. The van der Waals surface area contributed by atoms with Gasteiger partial charge in [0.2, 0.25) is 0 Å². The minimum Gasteiger partial charge on any atom is -0.479 e. The fourth-order valence-corrected chi connectivity index (χ4v) is 1.06. The van der Waals surface area contributed by atoms with Gasteiger partial charge in [-0.05, 0) is 0 Å². The Morgan fingerprint density at radius 1 is 0.882 bits per heavy atom. The molecule has 17 heavy (non-hydrogen) atoms. The first kappa shape index (κ1) is 15.9. The van der Waals surface area contributed by atoms with Crippen LogP contribution in [0.25, 0.3) is 0 Å². The highest BCUT2D eigenvalue weighted by molar-refractivity contribution is 5.76. The van der Waals surface area contributed by atoms with Crippen LogP contribution in [-0.4, -0.2) is 87.5 Å². The first-order valence-corrected chi connectivity index (χ1v) is 4.81. The molecule has 0 aromatic heterocycles. The van der Waals surface area contributed by atoms with E-state index in [0.29, 0.717) is 0 Å². The molecule has 0 aliphatic heterocycles. The molecule has 0 aromatic carbocycles. The number of carbonyl (C=O) groups excluding carboxylic acids is 1. The number of aliphatic hydroxyl groups excluding tert-OH is 4. The molecule has 0 fully saturated rings. The summed E-state index contributed by atoms with van der Waals surface area (Å²) in [5.74, 6) is -2.59. The zero-order chi connectivity index (χ0) is 14.0. The summed E-state index contributed by atoms with van der Waals surface area (Å²) in [4.78, 5) is 21.9. The number of aliphatic hydroxyl groups is 4. The third-order valence-corrected chi connectivity index (χ3v) is 2.16. The van der Waals surface area contributed by atoms with E-state index < -0.39 is 36.3 Å². The number of rotatable bonds is 5. The fourth-order valence-electron chi connectivity index (χ4n) is 1.06. The number of carbonyl (C=O) groups is 2. The second kappa shape index (κ2) is 5.52. The molecular formula is C9H18NO7+. The molecule has 0 saturated carbocycles. The zero-order valence-electron chi connectivity index (χ0n) is 9.81. The first-order chi connectivity index (χ1) is 7.50. The lowest BCUT2D eigenvalue weighted by Gasteiger charge is -2.28. The monoisotopic (exact) mass is 252 g/mol. The quantitative estimate of drug-likeness (QED) is 0.324. The summed E-state index contributed by atoms with van der Waals surface area (Å²) in [5.41, 5.74) is 0. The van der Waals surface area contributed by atoms with E-state index in [1.54, 1.807) is 0 Å². The number of hydrogen-bond donors (Lipinski definition) is 5. The number of amides is 1. The largest absolute Gasteiger partial charge is 0.479 e. The molecule has 0 radical (unpaired) electrons. The summed E-state index contributed by atoms with van der Waals surface area (Å²) in [6, 6.07) is 0. The van der Waals surface area contributed by atoms with Crippen LogP contribution in [0.5, 0.6) is 0 Å². The van der Waals surface area contributed by atoms with Gasteiger partial charge in [0.15, 0.2) is 12.2 Å². The van der Waals surface area contributed by atoms with E-state index in [1.807, 2.05) is 0 Å². The van der Waals surface area contributed by atoms with E-state index in [0.717, 1.165) is 0 Å². The summed E-state index contributed by atoms with van der Waals surface area (Å²) >= 11 is 0. The van der Waals surface area contributed by atoms with Gasteiger partial charge in [-0.3, -0.25) is 4.48 Å². The van der Waals surface area contributed by atoms with Gasteiger partial charge in [-0.25, -0.2) is 9.59 Å². The normalized spacial score (nSPS) is 19.2. The van der Waals surface area contributed by atoms with Crippen molar-refractivity contribution in [2.45, 2.75) is 24.4 Å². The van der Waals surface area contributed by atoms with Crippen LogP contribution >= 0.6 is 0 Å². The van der Waals surface area contributed by atoms with Gasteiger partial charge in [0, 0.05) is 0 Å². The van der Waals surface area contributed by atoms with Crippen molar-refractivity contribution in [1.82, 2.24) is 0 Å². The third kappa shape index (κ3) is 4.02. The molecule has 0 saturated heterocycles. The number of likely N-dealkylation sites (N-methyl/N-ethyl adjacent to an activating group) is 1. The van der Waals surface area contributed by atoms with Crippen molar-refractivity contribution in [2.75, 3.05) is 21.1 Å². The van der Waals surface area contributed by atoms with Crippen molar-refractivity contribution in [2.24, 2.45) is 0 Å². The molecule has 0 heterocycles. The average molecular weight is 252 g/mol. The Morgan fingerprint density at radius 3 is 1.53 bits per heavy atom. The molecular weight excluding hydrogens is 234 g/mol. The SMILES string of the molecule is C[N+](C)(C)C(=O)[C@H](O)[C@@H](O)[C@H](O)[C@H](O)C(=O)O. The molecule has 0 rings (SSSR count). The second-order valence-corrected chi connectivity index (χ2v) is 4.56. The lowest BCUT2D eigenvalue weighted by Crippen LogP contribution is -2.56. The first-order valence-electron chi connectivity index (χ1n) is 4.81. The Hall–Kier alpha value is -1.06. The highest BCUT2D eigenvalue weighted by atomic mass is 16.4. The van der Waals surface area contributed by atoms with Gasteiger partial charge in [-0.1, -0.05) is 0 Å². The van der Waals surface area contributed by atoms with Crippen molar-refractivity contribution in [3.05, 3.63) is 0 Å². The Labute approximate surface area is 97.9 Å². The summed E-state index contributed by atoms with van der Waals surface area (Å²) in [5, 5.41) is 45.4. The van der Waals surface area contributed by atoms with Gasteiger partial charge < -0.3 is 25.5 Å². The number of nitrogens with zero attached hydrogens (tertiary/aromatic N) is 1. The van der Waals surface area contributed by atoms with Gasteiger partial charge in [-0.2, -0.15) is 0 Å². The number of hydrogen-bond acceptors (Lipinski definition) is 6. The minimum atomic E-state index is -2.28. The van der Waals surface area contributed by atoms with Crippen molar-refractivity contribution in [3.8, 4) is 0 Å². The second-order valence-electron chi connectivity index (χ2n) is 4.56. The molecule has 100 valence electrons. The molecule has 0 spiro atoms. The van der Waals surface area contributed by atoms with Crippen molar-refractivity contribution in [3.63, 3.8) is 0 Å². The van der Waals surface area contributed by atoms with Crippen LogP contribution in [0.3, 0.4) is 0 Å². The maximum absolute atomic E-state index is 11.5. The zero-order valence-corrected chi connectivity index (χ0v) is 9.81. The van der Waals surface area contributed by atoms with Crippen molar-refractivity contribution >= 4 is 11.9 Å². The van der Waals surface area contributed by atoms with E-state index >= 15 is 0 Å². The van der Waals surface area contributed by atoms with Crippen molar-refractivity contribution in [1.29, 1.82) is 0 Å². The standard InChI is InChI=1S/C9H17NO7/c1-10(2,3)8(15)6(13)4(11)5(12)7(14)9(16)17/h4-7,11-14H,1-3H3/p+1/t4-,5-,6+,7-/m0/s1. The Bertz CT molecular complexity index is 298. The van der Waals surface area contributed by atoms with Gasteiger partial charge >= 0.3 is 11.9 Å². The predicted octanol–water partition coefficient (Wildman–Crippen LogP) is -3.25.